The minimum absolute atomic E-state index is 0.321. The van der Waals surface area contributed by atoms with Gasteiger partial charge in [0.15, 0.2) is 29.1 Å². The number of hydrogen-bond acceptors (Lipinski definition) is 22. The molecular formula is C118H95F5N24O3. The Hall–Kier alpha value is -19.1. The zero-order chi connectivity index (χ0) is 103. The van der Waals surface area contributed by atoms with Gasteiger partial charge in [0, 0.05) is 216 Å². The van der Waals surface area contributed by atoms with Crippen LogP contribution in [-0.4, -0.2) is 159 Å². The molecule has 0 radical (unpaired) electrons. The largest absolute Gasteiger partial charge is 0.497 e. The van der Waals surface area contributed by atoms with Crippen molar-refractivity contribution in [2.45, 2.75) is 20.3 Å². The van der Waals surface area contributed by atoms with Crippen LogP contribution in [0.2, 0.25) is 0 Å². The summed E-state index contributed by atoms with van der Waals surface area (Å²) in [6.07, 6.45) is 28.7. The standard InChI is InChI=1S/C26H24FN5.2C24H20FN5O.C22H16FN5.C22H15FN4O/c1-3-17(2)15-29-19-8-9-23-21(14-19)26(32-13-11-18-16-28-12-10-24(18)32)31-25(30-23)20-6-4-5-7-22(20)27;1-31-12-10-27-19-5-6-21-20(14-19)24(30-11-8-17-15-26-9-7-22(17)30)29-23(28-21)16-3-2-4-18(25)13-16;1-31-13-11-27-17-6-7-19-21(14-17)28-23(18-4-2-3-5-20(18)25)29-24(19)30-12-9-16-15-26-10-8-22(16)30;1-24-15-6-7-17-19(12-15)26-21(16-4-2-3-5-18(16)23)27-22(17)28-11-9-14-13-25-10-8-20(14)28;1-28-15-6-7-19-17(12-15)22(27-11-9-14-13-24-10-8-20(14)27)26-21(25-19)16-4-2-3-5-18(16)23/h4-14,16-17,29H,3,15H2,1-2H3;2-9,11,13-15,27H,10,12H2,1H3;2-10,12,14-15,27H,11,13H2,1H3;2-13,24H,1H3;2-13H,1H3. The van der Waals surface area contributed by atoms with Crippen LogP contribution in [0.25, 0.3) is 195 Å². The summed E-state index contributed by atoms with van der Waals surface area (Å²) in [4.78, 5) is 68.3. The normalized spacial score (nSPS) is 11.5. The fourth-order valence-corrected chi connectivity index (χ4v) is 17.7. The van der Waals surface area contributed by atoms with Gasteiger partial charge >= 0.3 is 0 Å². The molecule has 0 amide bonds. The Morgan fingerprint density at radius 2 is 0.627 bits per heavy atom. The van der Waals surface area contributed by atoms with Crippen molar-refractivity contribution in [2.75, 3.05) is 82.5 Å². The molecule has 15 aromatic heterocycles. The molecule has 0 aliphatic rings. The molecule has 25 aromatic rings. The molecule has 15 heterocycles. The topological polar surface area (TPSA) is 294 Å². The molecular weight excluding hydrogens is 1900 g/mol. The third-order valence-corrected chi connectivity index (χ3v) is 25.6. The van der Waals surface area contributed by atoms with Crippen LogP contribution >= 0.6 is 0 Å². The summed E-state index contributed by atoms with van der Waals surface area (Å²) in [7, 11) is 6.81. The van der Waals surface area contributed by atoms with Crippen molar-refractivity contribution in [1.82, 2.24) is 97.6 Å². The van der Waals surface area contributed by atoms with Crippen molar-refractivity contribution in [3.63, 3.8) is 0 Å². The Kier molecular flexibility index (Phi) is 28.4. The quantitative estimate of drug-likeness (QED) is 0.0323. The van der Waals surface area contributed by atoms with E-state index in [2.05, 4.69) is 76.1 Å². The second-order valence-electron chi connectivity index (χ2n) is 35.2. The zero-order valence-corrected chi connectivity index (χ0v) is 82.0. The van der Waals surface area contributed by atoms with E-state index >= 15 is 0 Å². The van der Waals surface area contributed by atoms with E-state index < -0.39 is 0 Å². The molecule has 32 heteroatoms. The van der Waals surface area contributed by atoms with Crippen molar-refractivity contribution in [3.05, 3.63) is 395 Å². The van der Waals surface area contributed by atoms with Crippen LogP contribution in [0.15, 0.2) is 366 Å². The van der Waals surface area contributed by atoms with Crippen molar-refractivity contribution in [1.29, 1.82) is 0 Å². The molecule has 1 atom stereocenters. The zero-order valence-electron chi connectivity index (χ0n) is 82.0. The summed E-state index contributed by atoms with van der Waals surface area (Å²) in [5.74, 6) is 4.89. The number of pyridine rings is 5. The number of fused-ring (bicyclic) bond motifs is 10. The Morgan fingerprint density at radius 1 is 0.300 bits per heavy atom. The van der Waals surface area contributed by atoms with E-state index in [0.29, 0.717) is 124 Å². The molecule has 0 spiro atoms. The van der Waals surface area contributed by atoms with Crippen LogP contribution in [-0.2, 0) is 9.47 Å². The molecule has 740 valence electrons. The number of nitrogens with one attached hydrogen (secondary N) is 4. The molecule has 4 N–H and O–H groups in total. The highest BCUT2D eigenvalue weighted by molar-refractivity contribution is 5.98. The number of ether oxygens (including phenoxy) is 3. The number of nitrogens with zero attached hydrogens (tertiary/aromatic N) is 20. The first-order valence-corrected chi connectivity index (χ1v) is 48.4. The molecule has 10 aromatic carbocycles. The van der Waals surface area contributed by atoms with Gasteiger partial charge in [-0.15, -0.1) is 0 Å². The lowest BCUT2D eigenvalue weighted by atomic mass is 10.1. The highest BCUT2D eigenvalue weighted by Gasteiger charge is 2.24. The molecule has 150 heavy (non-hydrogen) atoms. The average Bonchev–Trinajstić information content (AvgIpc) is 1.50. The van der Waals surface area contributed by atoms with E-state index in [0.717, 1.165) is 145 Å². The highest BCUT2D eigenvalue weighted by Crippen LogP contribution is 2.39. The maximum Gasteiger partial charge on any atom is 0.165 e. The number of methoxy groups -OCH3 is 3. The molecule has 1 unspecified atom stereocenters. The van der Waals surface area contributed by atoms with Crippen LogP contribution in [0.3, 0.4) is 0 Å². The van der Waals surface area contributed by atoms with Crippen molar-refractivity contribution < 1.29 is 36.2 Å². The third kappa shape index (κ3) is 20.5. The van der Waals surface area contributed by atoms with Gasteiger partial charge < -0.3 is 58.3 Å². The van der Waals surface area contributed by atoms with Gasteiger partial charge in [-0.1, -0.05) is 80.9 Å². The maximum absolute atomic E-state index is 14.6. The lowest BCUT2D eigenvalue weighted by molar-refractivity contribution is 0.210. The number of aromatic nitrogens is 20. The van der Waals surface area contributed by atoms with Gasteiger partial charge in [-0.25, -0.2) is 71.8 Å². The minimum Gasteiger partial charge on any atom is -0.497 e. The molecule has 0 saturated heterocycles. The molecule has 27 nitrogen and oxygen atoms in total. The second kappa shape index (κ2) is 43.8. The van der Waals surface area contributed by atoms with Crippen molar-refractivity contribution in [3.8, 4) is 91.8 Å². The predicted molar refractivity (Wildman–Crippen MR) is 583 cm³/mol. The molecule has 0 fully saturated rings. The highest BCUT2D eigenvalue weighted by atomic mass is 19.1. The Morgan fingerprint density at radius 3 is 0.993 bits per heavy atom. The lowest BCUT2D eigenvalue weighted by Gasteiger charge is -2.15. The number of anilines is 4. The molecule has 0 aliphatic carbocycles. The Labute approximate surface area is 856 Å². The van der Waals surface area contributed by atoms with Crippen molar-refractivity contribution >= 4 is 132 Å². The molecule has 0 bridgehead atoms. The van der Waals surface area contributed by atoms with Gasteiger partial charge in [0.25, 0.3) is 0 Å². The van der Waals surface area contributed by atoms with Crippen LogP contribution in [0.4, 0.5) is 44.7 Å². The first kappa shape index (κ1) is 97.0. The summed E-state index contributed by atoms with van der Waals surface area (Å²) in [5, 5.41) is 22.7. The van der Waals surface area contributed by atoms with Crippen LogP contribution in [0.5, 0.6) is 5.75 Å². The molecule has 0 saturated carbocycles. The van der Waals surface area contributed by atoms with Gasteiger partial charge in [-0.05, 0) is 218 Å². The Bertz CT molecular complexity index is 9280. The first-order chi connectivity index (χ1) is 73.6. The number of benzene rings is 10. The number of rotatable bonds is 24. The lowest BCUT2D eigenvalue weighted by Crippen LogP contribution is -2.10. The summed E-state index contributed by atoms with van der Waals surface area (Å²) < 4.78 is 97.4. The average molecular weight is 1990 g/mol. The Balaban J connectivity index is 0.000000110. The predicted octanol–water partition coefficient (Wildman–Crippen LogP) is 25.5. The van der Waals surface area contributed by atoms with Gasteiger partial charge in [0.1, 0.15) is 63.9 Å². The van der Waals surface area contributed by atoms with Gasteiger partial charge in [-0.3, -0.25) is 24.9 Å². The third-order valence-electron chi connectivity index (χ3n) is 25.6. The van der Waals surface area contributed by atoms with E-state index in [-0.39, 0.29) is 29.1 Å². The fourth-order valence-electron chi connectivity index (χ4n) is 17.7. The second-order valence-corrected chi connectivity index (χ2v) is 35.2. The van der Waals surface area contributed by atoms with E-state index in [1.165, 1.54) is 36.4 Å². The maximum atomic E-state index is 14.6. The van der Waals surface area contributed by atoms with Gasteiger partial charge in [-0.2, -0.15) is 0 Å². The van der Waals surface area contributed by atoms with E-state index in [4.69, 9.17) is 54.1 Å². The monoisotopic (exact) mass is 1990 g/mol. The van der Waals surface area contributed by atoms with E-state index in [9.17, 15) is 22.0 Å². The fraction of sp³-hybridized carbons (Fsp3) is 0.110. The van der Waals surface area contributed by atoms with Crippen LogP contribution in [0, 0.1) is 35.0 Å². The van der Waals surface area contributed by atoms with Crippen molar-refractivity contribution in [2.24, 2.45) is 5.92 Å². The molecule has 0 aliphatic heterocycles. The van der Waals surface area contributed by atoms with E-state index in [1.54, 1.807) is 137 Å². The van der Waals surface area contributed by atoms with Gasteiger partial charge in [0.2, 0.25) is 0 Å². The van der Waals surface area contributed by atoms with Gasteiger partial charge in [0.05, 0.1) is 97.7 Å². The van der Waals surface area contributed by atoms with Crippen LogP contribution in [0.1, 0.15) is 20.3 Å². The first-order valence-electron chi connectivity index (χ1n) is 48.4. The summed E-state index contributed by atoms with van der Waals surface area (Å²) in [6.45, 7) is 7.88. The smallest absolute Gasteiger partial charge is 0.165 e. The number of halogens is 5. The molecule has 25 rings (SSSR count). The SMILES string of the molecule is CCC(C)CNc1ccc2nc(-c3ccccc3F)nc(-n3ccc4cnccc43)c2c1.CNc1ccc2c(-n3ccc4cnccc43)nc(-c3ccccc3F)nc2c1.COCCNc1ccc2c(-n3ccc4cnccc43)nc(-c3ccccc3F)nc2c1.COCCNc1ccc2nc(-c3cccc(F)c3)nc(-n3ccc4cnccc43)c2c1.COc1ccc2nc(-c3ccccc3F)nc(-n3ccc4cnccc43)c2c1. The number of hydrogen-bond donors (Lipinski definition) is 4. The summed E-state index contributed by atoms with van der Waals surface area (Å²) in [5.41, 5.74) is 14.5. The summed E-state index contributed by atoms with van der Waals surface area (Å²) >= 11 is 0. The van der Waals surface area contributed by atoms with E-state index in [1.807, 2.05) is 237 Å². The minimum atomic E-state index is -0.358. The summed E-state index contributed by atoms with van der Waals surface area (Å²) in [6, 6.07) is 81.6. The van der Waals surface area contributed by atoms with Crippen LogP contribution < -0.4 is 26.0 Å².